The van der Waals surface area contributed by atoms with Gasteiger partial charge in [-0.1, -0.05) is 36.4 Å². The van der Waals surface area contributed by atoms with Gasteiger partial charge in [0.2, 0.25) is 5.95 Å². The molecule has 4 rings (SSSR count). The number of fused-ring (bicyclic) bond motifs is 1. The quantitative estimate of drug-likeness (QED) is 0.708. The van der Waals surface area contributed by atoms with Crippen molar-refractivity contribution in [3.8, 4) is 5.75 Å². The first-order valence-electron chi connectivity index (χ1n) is 9.13. The summed E-state index contributed by atoms with van der Waals surface area (Å²) in [5.74, 6) is 1.86. The molecule has 144 valence electrons. The topological polar surface area (TPSA) is 111 Å². The summed E-state index contributed by atoms with van der Waals surface area (Å²) in [5.41, 5.74) is 11.4. The number of nitrogen functional groups attached to an aromatic ring is 2. The third-order valence-corrected chi connectivity index (χ3v) is 4.81. The summed E-state index contributed by atoms with van der Waals surface area (Å²) >= 11 is 0. The van der Waals surface area contributed by atoms with Crippen molar-refractivity contribution in [1.29, 1.82) is 0 Å². The van der Waals surface area contributed by atoms with Crippen molar-refractivity contribution in [2.75, 3.05) is 49.2 Å². The Bertz CT molecular complexity index is 975. The molecule has 2 aromatic carbocycles. The number of ether oxygens (including phenoxy) is 1. The number of carbonyl (C=O) groups is 1. The molecule has 0 saturated carbocycles. The first-order chi connectivity index (χ1) is 13.6. The Morgan fingerprint density at radius 3 is 2.54 bits per heavy atom. The molecule has 0 atom stereocenters. The van der Waals surface area contributed by atoms with Gasteiger partial charge in [-0.3, -0.25) is 4.79 Å². The largest absolute Gasteiger partial charge is 0.483 e. The van der Waals surface area contributed by atoms with Crippen molar-refractivity contribution in [1.82, 2.24) is 14.9 Å². The zero-order valence-electron chi connectivity index (χ0n) is 15.4. The van der Waals surface area contributed by atoms with Crippen LogP contribution < -0.4 is 21.1 Å². The Balaban J connectivity index is 1.35. The maximum Gasteiger partial charge on any atom is 0.260 e. The van der Waals surface area contributed by atoms with Crippen molar-refractivity contribution in [3.63, 3.8) is 0 Å². The summed E-state index contributed by atoms with van der Waals surface area (Å²) < 4.78 is 5.82. The number of rotatable bonds is 4. The molecule has 0 aliphatic carbocycles. The fourth-order valence-electron chi connectivity index (χ4n) is 3.37. The standard InChI is InChI=1S/C20H22N6O2/c21-17-12-18(24-20(22)23-17)25-8-10-26(11-9-25)19(27)13-28-16-7-3-5-14-4-1-2-6-15(14)16/h1-7,12H,8-11,13H2,(H4,21,22,23,24). The molecule has 1 amide bonds. The third kappa shape index (κ3) is 3.75. The lowest BCUT2D eigenvalue weighted by Gasteiger charge is -2.35. The first-order valence-corrected chi connectivity index (χ1v) is 9.13. The monoisotopic (exact) mass is 378 g/mol. The molecule has 1 saturated heterocycles. The van der Waals surface area contributed by atoms with E-state index in [0.717, 1.165) is 16.5 Å². The molecule has 8 nitrogen and oxygen atoms in total. The van der Waals surface area contributed by atoms with E-state index in [1.54, 1.807) is 11.0 Å². The van der Waals surface area contributed by atoms with Crippen molar-refractivity contribution < 1.29 is 9.53 Å². The second-order valence-electron chi connectivity index (χ2n) is 6.64. The number of carbonyl (C=O) groups excluding carboxylic acids is 1. The molecular formula is C20H22N6O2. The van der Waals surface area contributed by atoms with Crippen molar-refractivity contribution in [2.24, 2.45) is 0 Å². The van der Waals surface area contributed by atoms with E-state index >= 15 is 0 Å². The zero-order valence-corrected chi connectivity index (χ0v) is 15.4. The van der Waals surface area contributed by atoms with Crippen LogP contribution in [0.15, 0.2) is 48.5 Å². The van der Waals surface area contributed by atoms with Gasteiger partial charge in [-0.25, -0.2) is 0 Å². The Labute approximate surface area is 162 Å². The number of piperazine rings is 1. The minimum Gasteiger partial charge on any atom is -0.483 e. The number of nitrogens with zero attached hydrogens (tertiary/aromatic N) is 4. The molecule has 1 fully saturated rings. The molecule has 0 spiro atoms. The van der Waals surface area contributed by atoms with Crippen LogP contribution in [0.2, 0.25) is 0 Å². The highest BCUT2D eigenvalue weighted by atomic mass is 16.5. The second-order valence-corrected chi connectivity index (χ2v) is 6.64. The summed E-state index contributed by atoms with van der Waals surface area (Å²) in [4.78, 5) is 24.5. The number of benzene rings is 2. The van der Waals surface area contributed by atoms with E-state index in [4.69, 9.17) is 16.2 Å². The number of nitrogens with two attached hydrogens (primary N) is 2. The van der Waals surface area contributed by atoms with Crippen LogP contribution in [0.3, 0.4) is 0 Å². The van der Waals surface area contributed by atoms with Crippen LogP contribution in [0, 0.1) is 0 Å². The summed E-state index contributed by atoms with van der Waals surface area (Å²) in [7, 11) is 0. The average Bonchev–Trinajstić information content (AvgIpc) is 2.71. The van der Waals surface area contributed by atoms with Gasteiger partial charge in [0.05, 0.1) is 0 Å². The van der Waals surface area contributed by atoms with Crippen molar-refractivity contribution >= 4 is 34.3 Å². The molecule has 1 aromatic heterocycles. The molecule has 0 bridgehead atoms. The second kappa shape index (κ2) is 7.59. The predicted octanol–water partition coefficient (Wildman–Crippen LogP) is 1.52. The van der Waals surface area contributed by atoms with E-state index in [0.29, 0.717) is 37.8 Å². The van der Waals surface area contributed by atoms with Crippen LogP contribution in [-0.2, 0) is 4.79 Å². The summed E-state index contributed by atoms with van der Waals surface area (Å²) in [6.07, 6.45) is 0. The number of hydrogen-bond acceptors (Lipinski definition) is 7. The average molecular weight is 378 g/mol. The Kier molecular flexibility index (Phi) is 4.84. The molecular weight excluding hydrogens is 356 g/mol. The zero-order chi connectivity index (χ0) is 19.5. The molecule has 0 radical (unpaired) electrons. The first kappa shape index (κ1) is 17.8. The lowest BCUT2D eigenvalue weighted by atomic mass is 10.1. The smallest absolute Gasteiger partial charge is 0.260 e. The summed E-state index contributed by atoms with van der Waals surface area (Å²) in [6.45, 7) is 2.48. The van der Waals surface area contributed by atoms with Crippen LogP contribution >= 0.6 is 0 Å². The minimum atomic E-state index is -0.0331. The predicted molar refractivity (Wildman–Crippen MR) is 109 cm³/mol. The van der Waals surface area contributed by atoms with Gasteiger partial charge in [-0.15, -0.1) is 0 Å². The maximum atomic E-state index is 12.6. The van der Waals surface area contributed by atoms with Gasteiger partial charge in [-0.05, 0) is 11.5 Å². The Hall–Kier alpha value is -3.55. The van der Waals surface area contributed by atoms with Crippen LogP contribution in [0.5, 0.6) is 5.75 Å². The molecule has 1 aliphatic rings. The van der Waals surface area contributed by atoms with Crippen LogP contribution in [0.25, 0.3) is 10.8 Å². The van der Waals surface area contributed by atoms with Crippen molar-refractivity contribution in [2.45, 2.75) is 0 Å². The molecule has 1 aliphatic heterocycles. The summed E-state index contributed by atoms with van der Waals surface area (Å²) in [6, 6.07) is 15.5. The van der Waals surface area contributed by atoms with E-state index in [2.05, 4.69) is 9.97 Å². The van der Waals surface area contributed by atoms with Gasteiger partial charge in [0.25, 0.3) is 5.91 Å². The highest BCUT2D eigenvalue weighted by molar-refractivity contribution is 5.88. The van der Waals surface area contributed by atoms with Gasteiger partial charge >= 0.3 is 0 Å². The summed E-state index contributed by atoms with van der Waals surface area (Å²) in [5, 5.41) is 2.09. The van der Waals surface area contributed by atoms with E-state index in [9.17, 15) is 4.79 Å². The SMILES string of the molecule is Nc1cc(N2CCN(C(=O)COc3cccc4ccccc34)CC2)nc(N)n1. The van der Waals surface area contributed by atoms with E-state index < -0.39 is 0 Å². The minimum absolute atomic E-state index is 0.0153. The fraction of sp³-hybridized carbons (Fsp3) is 0.250. The van der Waals surface area contributed by atoms with Gasteiger partial charge in [-0.2, -0.15) is 9.97 Å². The maximum absolute atomic E-state index is 12.6. The molecule has 4 N–H and O–H groups in total. The molecule has 3 aromatic rings. The lowest BCUT2D eigenvalue weighted by Crippen LogP contribution is -2.50. The number of aromatic nitrogens is 2. The number of anilines is 3. The molecule has 0 unspecified atom stereocenters. The van der Waals surface area contributed by atoms with Crippen LogP contribution in [0.4, 0.5) is 17.6 Å². The third-order valence-electron chi connectivity index (χ3n) is 4.81. The van der Waals surface area contributed by atoms with Gasteiger partial charge in [0.15, 0.2) is 6.61 Å². The highest BCUT2D eigenvalue weighted by Gasteiger charge is 2.23. The van der Waals surface area contributed by atoms with E-state index in [-0.39, 0.29) is 18.5 Å². The Morgan fingerprint density at radius 1 is 1.00 bits per heavy atom. The van der Waals surface area contributed by atoms with Gasteiger partial charge in [0, 0.05) is 37.6 Å². The van der Waals surface area contributed by atoms with E-state index in [1.807, 2.05) is 47.4 Å². The molecule has 8 heteroatoms. The lowest BCUT2D eigenvalue weighted by molar-refractivity contribution is -0.133. The Morgan fingerprint density at radius 2 is 1.75 bits per heavy atom. The highest BCUT2D eigenvalue weighted by Crippen LogP contribution is 2.25. The molecule has 2 heterocycles. The number of amides is 1. The molecule has 28 heavy (non-hydrogen) atoms. The van der Waals surface area contributed by atoms with E-state index in [1.165, 1.54) is 0 Å². The van der Waals surface area contributed by atoms with Crippen LogP contribution in [0.1, 0.15) is 0 Å². The number of hydrogen-bond donors (Lipinski definition) is 2. The van der Waals surface area contributed by atoms with Gasteiger partial charge < -0.3 is 26.0 Å². The normalized spacial score (nSPS) is 14.3. The van der Waals surface area contributed by atoms with Crippen molar-refractivity contribution in [3.05, 3.63) is 48.5 Å². The fourth-order valence-corrected chi connectivity index (χ4v) is 3.37. The van der Waals surface area contributed by atoms with Crippen LogP contribution in [-0.4, -0.2) is 53.6 Å². The van der Waals surface area contributed by atoms with Gasteiger partial charge in [0.1, 0.15) is 17.4 Å².